The van der Waals surface area contributed by atoms with Crippen LogP contribution in [0.2, 0.25) is 0 Å². The van der Waals surface area contributed by atoms with Crippen LogP contribution < -0.4 is 0 Å². The number of tetrazole rings is 1. The number of hydrogen-bond acceptors (Lipinski definition) is 5. The van der Waals surface area contributed by atoms with Crippen molar-refractivity contribution in [1.29, 1.82) is 0 Å². The van der Waals surface area contributed by atoms with Crippen molar-refractivity contribution in [3.05, 3.63) is 36.2 Å². The SMILES string of the molecule is OC1CCN(Cc2nnnn2-c2ccccc2)C1. The number of hydrogen-bond donors (Lipinski definition) is 1. The van der Waals surface area contributed by atoms with Gasteiger partial charge in [0.05, 0.1) is 18.3 Å². The normalized spacial score (nSPS) is 20.4. The number of aliphatic hydroxyl groups excluding tert-OH is 1. The quantitative estimate of drug-likeness (QED) is 0.838. The Balaban J connectivity index is 1.80. The molecule has 3 rings (SSSR count). The highest BCUT2D eigenvalue weighted by Gasteiger charge is 2.22. The molecule has 6 heteroatoms. The fraction of sp³-hybridized carbons (Fsp3) is 0.417. The van der Waals surface area contributed by atoms with Crippen LogP contribution in [-0.2, 0) is 6.54 Å². The van der Waals surface area contributed by atoms with Crippen LogP contribution in [0.4, 0.5) is 0 Å². The molecule has 1 aromatic carbocycles. The van der Waals surface area contributed by atoms with Gasteiger partial charge in [-0.1, -0.05) is 18.2 Å². The Bertz CT molecular complexity index is 512. The lowest BCUT2D eigenvalue weighted by atomic mass is 10.3. The standard InChI is InChI=1S/C12H15N5O/c18-11-6-7-16(8-11)9-12-13-14-15-17(12)10-4-2-1-3-5-10/h1-5,11,18H,6-9H2. The molecule has 0 radical (unpaired) electrons. The van der Waals surface area contributed by atoms with E-state index < -0.39 is 0 Å². The molecule has 6 nitrogen and oxygen atoms in total. The molecule has 1 aromatic heterocycles. The third-order valence-electron chi connectivity index (χ3n) is 3.15. The summed E-state index contributed by atoms with van der Waals surface area (Å²) in [5, 5.41) is 21.3. The van der Waals surface area contributed by atoms with Gasteiger partial charge in [0.1, 0.15) is 0 Å². The maximum atomic E-state index is 9.51. The molecule has 0 bridgehead atoms. The van der Waals surface area contributed by atoms with Gasteiger partial charge < -0.3 is 5.11 Å². The third-order valence-corrected chi connectivity index (χ3v) is 3.15. The molecule has 2 heterocycles. The minimum atomic E-state index is -0.217. The Morgan fingerprint density at radius 2 is 2.11 bits per heavy atom. The van der Waals surface area contributed by atoms with Crippen LogP contribution in [0.1, 0.15) is 12.2 Å². The monoisotopic (exact) mass is 245 g/mol. The molecule has 1 aliphatic rings. The van der Waals surface area contributed by atoms with Crippen molar-refractivity contribution in [3.8, 4) is 5.69 Å². The topological polar surface area (TPSA) is 67.1 Å². The predicted molar refractivity (Wildman–Crippen MR) is 65.1 cm³/mol. The maximum Gasteiger partial charge on any atom is 0.170 e. The number of rotatable bonds is 3. The summed E-state index contributed by atoms with van der Waals surface area (Å²) in [6, 6.07) is 9.82. The molecular weight excluding hydrogens is 230 g/mol. The lowest BCUT2D eigenvalue weighted by Gasteiger charge is -2.13. The largest absolute Gasteiger partial charge is 0.392 e. The molecule has 0 saturated carbocycles. The first-order valence-corrected chi connectivity index (χ1v) is 6.06. The van der Waals surface area contributed by atoms with Crippen LogP contribution in [0.3, 0.4) is 0 Å². The van der Waals surface area contributed by atoms with E-state index in [1.54, 1.807) is 4.68 Å². The summed E-state index contributed by atoms with van der Waals surface area (Å²) in [6.07, 6.45) is 0.610. The number of para-hydroxylation sites is 1. The number of β-amino-alcohol motifs (C(OH)–C–C–N with tert-alkyl or cyclic N) is 1. The van der Waals surface area contributed by atoms with E-state index in [1.807, 2.05) is 30.3 Å². The van der Waals surface area contributed by atoms with Gasteiger partial charge in [-0.15, -0.1) is 5.10 Å². The van der Waals surface area contributed by atoms with Crippen molar-refractivity contribution < 1.29 is 5.11 Å². The van der Waals surface area contributed by atoms with Crippen LogP contribution in [0, 0.1) is 0 Å². The molecule has 94 valence electrons. The molecule has 0 amide bonds. The summed E-state index contributed by atoms with van der Waals surface area (Å²) in [7, 11) is 0. The lowest BCUT2D eigenvalue weighted by molar-refractivity contribution is 0.173. The Morgan fingerprint density at radius 1 is 1.28 bits per heavy atom. The van der Waals surface area contributed by atoms with Gasteiger partial charge in [-0.3, -0.25) is 4.90 Å². The molecule has 1 saturated heterocycles. The minimum Gasteiger partial charge on any atom is -0.392 e. The van der Waals surface area contributed by atoms with Gasteiger partial charge in [0.25, 0.3) is 0 Å². The second-order valence-electron chi connectivity index (χ2n) is 4.52. The molecule has 1 aliphatic heterocycles. The highest BCUT2D eigenvalue weighted by Crippen LogP contribution is 2.13. The number of aromatic nitrogens is 4. The van der Waals surface area contributed by atoms with Gasteiger partial charge in [-0.05, 0) is 29.0 Å². The molecule has 1 unspecified atom stereocenters. The highest BCUT2D eigenvalue weighted by atomic mass is 16.3. The first-order valence-electron chi connectivity index (χ1n) is 6.06. The number of benzene rings is 1. The average molecular weight is 245 g/mol. The minimum absolute atomic E-state index is 0.217. The number of likely N-dealkylation sites (tertiary alicyclic amines) is 1. The Morgan fingerprint density at radius 3 is 2.83 bits per heavy atom. The van der Waals surface area contributed by atoms with Gasteiger partial charge in [-0.2, -0.15) is 4.68 Å². The van der Waals surface area contributed by atoms with E-state index in [0.29, 0.717) is 13.1 Å². The first-order chi connectivity index (χ1) is 8.83. The molecular formula is C12H15N5O. The third kappa shape index (κ3) is 2.25. The van der Waals surface area contributed by atoms with E-state index in [9.17, 15) is 5.11 Å². The molecule has 18 heavy (non-hydrogen) atoms. The number of nitrogens with zero attached hydrogens (tertiary/aromatic N) is 5. The molecule has 0 aliphatic carbocycles. The summed E-state index contributed by atoms with van der Waals surface area (Å²) in [5.41, 5.74) is 0.956. The maximum absolute atomic E-state index is 9.51. The van der Waals surface area contributed by atoms with Gasteiger partial charge in [-0.25, -0.2) is 0 Å². The summed E-state index contributed by atoms with van der Waals surface area (Å²) in [5.74, 6) is 0.801. The molecule has 0 spiro atoms. The fourth-order valence-corrected chi connectivity index (χ4v) is 2.23. The van der Waals surface area contributed by atoms with Gasteiger partial charge >= 0.3 is 0 Å². The van der Waals surface area contributed by atoms with E-state index in [-0.39, 0.29) is 6.10 Å². The Kier molecular flexibility index (Phi) is 3.04. The van der Waals surface area contributed by atoms with Crippen LogP contribution in [0.25, 0.3) is 5.69 Å². The summed E-state index contributed by atoms with van der Waals surface area (Å²) in [6.45, 7) is 2.25. The van der Waals surface area contributed by atoms with Crippen LogP contribution in [-0.4, -0.2) is 49.4 Å². The van der Waals surface area contributed by atoms with E-state index >= 15 is 0 Å². The van der Waals surface area contributed by atoms with Crippen molar-refractivity contribution in [1.82, 2.24) is 25.1 Å². The van der Waals surface area contributed by atoms with Crippen LogP contribution in [0.5, 0.6) is 0 Å². The van der Waals surface area contributed by atoms with Crippen LogP contribution in [0.15, 0.2) is 30.3 Å². The second kappa shape index (κ2) is 4.83. The molecule has 2 aromatic rings. The van der Waals surface area contributed by atoms with Crippen molar-refractivity contribution in [3.63, 3.8) is 0 Å². The molecule has 1 fully saturated rings. The van der Waals surface area contributed by atoms with Crippen LogP contribution >= 0.6 is 0 Å². The van der Waals surface area contributed by atoms with E-state index in [2.05, 4.69) is 20.4 Å². The summed E-state index contributed by atoms with van der Waals surface area (Å²) in [4.78, 5) is 2.16. The molecule has 1 atom stereocenters. The zero-order chi connectivity index (χ0) is 12.4. The second-order valence-corrected chi connectivity index (χ2v) is 4.52. The summed E-state index contributed by atoms with van der Waals surface area (Å²) < 4.78 is 1.74. The van der Waals surface area contributed by atoms with E-state index in [4.69, 9.17) is 0 Å². The Hall–Kier alpha value is -1.79. The predicted octanol–water partition coefficient (Wildman–Crippen LogP) is 0.229. The van der Waals surface area contributed by atoms with Crippen molar-refractivity contribution in [2.45, 2.75) is 19.1 Å². The fourth-order valence-electron chi connectivity index (χ4n) is 2.23. The van der Waals surface area contributed by atoms with Crippen molar-refractivity contribution >= 4 is 0 Å². The van der Waals surface area contributed by atoms with Gasteiger partial charge in [0, 0.05) is 13.1 Å². The van der Waals surface area contributed by atoms with Crippen molar-refractivity contribution in [2.75, 3.05) is 13.1 Å². The lowest BCUT2D eigenvalue weighted by Crippen LogP contribution is -2.23. The highest BCUT2D eigenvalue weighted by molar-refractivity contribution is 5.30. The van der Waals surface area contributed by atoms with Gasteiger partial charge in [0.2, 0.25) is 0 Å². The van der Waals surface area contributed by atoms with Gasteiger partial charge in [0.15, 0.2) is 5.82 Å². The first kappa shape index (κ1) is 11.3. The number of aliphatic hydroxyl groups is 1. The molecule has 1 N–H and O–H groups in total. The van der Waals surface area contributed by atoms with Crippen molar-refractivity contribution in [2.24, 2.45) is 0 Å². The van der Waals surface area contributed by atoms with E-state index in [0.717, 1.165) is 24.5 Å². The Labute approximate surface area is 105 Å². The smallest absolute Gasteiger partial charge is 0.170 e. The zero-order valence-electron chi connectivity index (χ0n) is 9.98. The zero-order valence-corrected chi connectivity index (χ0v) is 9.98. The summed E-state index contributed by atoms with van der Waals surface area (Å²) >= 11 is 0. The average Bonchev–Trinajstić information content (AvgIpc) is 3.00. The van der Waals surface area contributed by atoms with E-state index in [1.165, 1.54) is 0 Å².